The summed E-state index contributed by atoms with van der Waals surface area (Å²) in [5.41, 5.74) is 0.134. The van der Waals surface area contributed by atoms with E-state index in [2.05, 4.69) is 9.62 Å². The van der Waals surface area contributed by atoms with Crippen LogP contribution >= 0.6 is 0 Å². The molecule has 0 bridgehead atoms. The van der Waals surface area contributed by atoms with E-state index in [1.165, 1.54) is 0 Å². The lowest BCUT2D eigenvalue weighted by atomic mass is 10.1. The Morgan fingerprint density at radius 1 is 0.963 bits per heavy atom. The number of nitrogens with one attached hydrogen (secondary N) is 1. The maximum Gasteiger partial charge on any atom is 0.416 e. The first-order chi connectivity index (χ1) is 12.8. The van der Waals surface area contributed by atoms with Crippen molar-refractivity contribution in [3.05, 3.63) is 65.7 Å². The second-order valence-corrected chi connectivity index (χ2v) is 8.31. The van der Waals surface area contributed by atoms with Crippen LogP contribution in [-0.2, 0) is 16.2 Å². The molecule has 3 rings (SSSR count). The van der Waals surface area contributed by atoms with E-state index < -0.39 is 21.8 Å². The second-order valence-electron chi connectivity index (χ2n) is 6.54. The summed E-state index contributed by atoms with van der Waals surface area (Å²) in [5.74, 6) is 0. The van der Waals surface area contributed by atoms with Crippen LogP contribution < -0.4 is 4.72 Å². The van der Waals surface area contributed by atoms with Gasteiger partial charge in [-0.15, -0.1) is 0 Å². The fourth-order valence-electron chi connectivity index (χ4n) is 3.28. The second kappa shape index (κ2) is 8.00. The number of alkyl halides is 3. The average molecular weight is 398 g/mol. The molecule has 1 heterocycles. The van der Waals surface area contributed by atoms with Crippen molar-refractivity contribution >= 4 is 10.0 Å². The molecular weight excluding hydrogens is 377 g/mol. The molecule has 0 spiro atoms. The van der Waals surface area contributed by atoms with Gasteiger partial charge in [-0.1, -0.05) is 30.3 Å². The van der Waals surface area contributed by atoms with E-state index in [0.29, 0.717) is 0 Å². The van der Waals surface area contributed by atoms with Crippen molar-refractivity contribution in [3.63, 3.8) is 0 Å². The molecule has 1 aliphatic heterocycles. The van der Waals surface area contributed by atoms with Crippen LogP contribution in [0.3, 0.4) is 0 Å². The van der Waals surface area contributed by atoms with Crippen LogP contribution in [-0.4, -0.2) is 33.0 Å². The Morgan fingerprint density at radius 2 is 1.56 bits per heavy atom. The van der Waals surface area contributed by atoms with E-state index >= 15 is 0 Å². The average Bonchev–Trinajstić information content (AvgIpc) is 3.16. The molecule has 0 aliphatic carbocycles. The third-order valence-corrected chi connectivity index (χ3v) is 6.16. The van der Waals surface area contributed by atoms with Gasteiger partial charge in [0.25, 0.3) is 0 Å². The molecular formula is C19H21F3N2O2S. The first-order valence-electron chi connectivity index (χ1n) is 8.73. The van der Waals surface area contributed by atoms with Crippen LogP contribution in [0.5, 0.6) is 0 Å². The molecule has 146 valence electrons. The third-order valence-electron chi connectivity index (χ3n) is 4.72. The number of nitrogens with zero attached hydrogens (tertiary/aromatic N) is 1. The van der Waals surface area contributed by atoms with E-state index in [9.17, 15) is 21.6 Å². The van der Waals surface area contributed by atoms with Crippen molar-refractivity contribution in [1.29, 1.82) is 0 Å². The number of hydrogen-bond acceptors (Lipinski definition) is 3. The Balaban J connectivity index is 1.75. The summed E-state index contributed by atoms with van der Waals surface area (Å²) in [7, 11) is -3.90. The summed E-state index contributed by atoms with van der Waals surface area (Å²) in [6.45, 7) is 1.94. The van der Waals surface area contributed by atoms with Gasteiger partial charge in [0.15, 0.2) is 0 Å². The fourth-order valence-corrected chi connectivity index (χ4v) is 4.32. The van der Waals surface area contributed by atoms with Crippen molar-refractivity contribution in [3.8, 4) is 0 Å². The van der Waals surface area contributed by atoms with Crippen molar-refractivity contribution in [2.75, 3.05) is 19.6 Å². The van der Waals surface area contributed by atoms with Gasteiger partial charge < -0.3 is 0 Å². The zero-order valence-corrected chi connectivity index (χ0v) is 15.4. The van der Waals surface area contributed by atoms with E-state index in [-0.39, 0.29) is 17.5 Å². The predicted octanol–water partition coefficient (Wildman–Crippen LogP) is 3.82. The largest absolute Gasteiger partial charge is 0.416 e. The molecule has 1 unspecified atom stereocenters. The SMILES string of the molecule is O=S(=O)(NCC(c1ccccc1)N1CCCC1)c1ccc(C(F)(F)F)cc1. The quantitative estimate of drug-likeness (QED) is 0.805. The van der Waals surface area contributed by atoms with Crippen LogP contribution in [0.1, 0.15) is 30.0 Å². The number of likely N-dealkylation sites (tertiary alicyclic amines) is 1. The minimum Gasteiger partial charge on any atom is -0.295 e. The molecule has 1 N–H and O–H groups in total. The van der Waals surface area contributed by atoms with Crippen molar-refractivity contribution in [2.45, 2.75) is 30.0 Å². The van der Waals surface area contributed by atoms with Gasteiger partial charge in [-0.3, -0.25) is 4.90 Å². The molecule has 0 radical (unpaired) electrons. The van der Waals surface area contributed by atoms with Gasteiger partial charge in [-0.2, -0.15) is 13.2 Å². The lowest BCUT2D eigenvalue weighted by Crippen LogP contribution is -2.36. The summed E-state index contributed by atoms with van der Waals surface area (Å²) in [6, 6.07) is 13.0. The Hall–Kier alpha value is -1.90. The Labute approximate surface area is 157 Å². The predicted molar refractivity (Wildman–Crippen MR) is 96.6 cm³/mol. The Morgan fingerprint density at radius 3 is 2.11 bits per heavy atom. The number of rotatable bonds is 6. The monoisotopic (exact) mass is 398 g/mol. The van der Waals surface area contributed by atoms with Gasteiger partial charge in [0.1, 0.15) is 0 Å². The van der Waals surface area contributed by atoms with Gasteiger partial charge in [0.05, 0.1) is 10.5 Å². The number of sulfonamides is 1. The molecule has 0 amide bonds. The topological polar surface area (TPSA) is 49.4 Å². The molecule has 27 heavy (non-hydrogen) atoms. The van der Waals surface area contributed by atoms with Crippen molar-refractivity contribution < 1.29 is 21.6 Å². The van der Waals surface area contributed by atoms with Crippen molar-refractivity contribution in [1.82, 2.24) is 9.62 Å². The van der Waals surface area contributed by atoms with Gasteiger partial charge >= 0.3 is 6.18 Å². The molecule has 2 aromatic carbocycles. The van der Waals surface area contributed by atoms with Gasteiger partial charge in [0.2, 0.25) is 10.0 Å². The first kappa shape index (κ1) is 19.9. The van der Waals surface area contributed by atoms with Crippen LogP contribution in [0, 0.1) is 0 Å². The van der Waals surface area contributed by atoms with Crippen LogP contribution in [0.4, 0.5) is 13.2 Å². The van der Waals surface area contributed by atoms with Crippen LogP contribution in [0.15, 0.2) is 59.5 Å². The summed E-state index contributed by atoms with van der Waals surface area (Å²) in [6.07, 6.45) is -2.37. The molecule has 1 fully saturated rings. The molecule has 1 saturated heterocycles. The standard InChI is InChI=1S/C19H21F3N2O2S/c20-19(21,22)16-8-10-17(11-9-16)27(25,26)23-14-18(24-12-4-5-13-24)15-6-2-1-3-7-15/h1-3,6-11,18,23H,4-5,12-14H2. The van der Waals surface area contributed by atoms with Crippen LogP contribution in [0.2, 0.25) is 0 Å². The summed E-state index contributed by atoms with van der Waals surface area (Å²) in [4.78, 5) is 2.05. The molecule has 4 nitrogen and oxygen atoms in total. The van der Waals surface area contributed by atoms with E-state index in [1.807, 2.05) is 30.3 Å². The lowest BCUT2D eigenvalue weighted by molar-refractivity contribution is -0.137. The van der Waals surface area contributed by atoms with Crippen molar-refractivity contribution in [2.24, 2.45) is 0 Å². The first-order valence-corrected chi connectivity index (χ1v) is 10.2. The van der Waals surface area contributed by atoms with E-state index in [0.717, 1.165) is 55.8 Å². The van der Waals surface area contributed by atoms with E-state index in [1.54, 1.807) is 0 Å². The summed E-state index contributed by atoms with van der Waals surface area (Å²) < 4.78 is 65.6. The minimum absolute atomic E-state index is 0.113. The van der Waals surface area contributed by atoms with E-state index in [4.69, 9.17) is 0 Å². The Bertz CT molecular complexity index is 847. The maximum atomic E-state index is 12.7. The highest BCUT2D eigenvalue weighted by molar-refractivity contribution is 7.89. The van der Waals surface area contributed by atoms with Gasteiger partial charge in [-0.25, -0.2) is 13.1 Å². The highest BCUT2D eigenvalue weighted by Gasteiger charge is 2.31. The van der Waals surface area contributed by atoms with Crippen LogP contribution in [0.25, 0.3) is 0 Å². The summed E-state index contributed by atoms with van der Waals surface area (Å²) >= 11 is 0. The number of halogens is 3. The van der Waals surface area contributed by atoms with Gasteiger partial charge in [0, 0.05) is 12.6 Å². The molecule has 8 heteroatoms. The highest BCUT2D eigenvalue weighted by Crippen LogP contribution is 2.30. The number of benzene rings is 2. The molecule has 0 aromatic heterocycles. The zero-order chi connectivity index (χ0) is 19.5. The molecule has 1 aliphatic rings. The Kier molecular flexibility index (Phi) is 5.88. The zero-order valence-electron chi connectivity index (χ0n) is 14.6. The minimum atomic E-state index is -4.50. The third kappa shape index (κ3) is 4.88. The normalized spacial score (nSPS) is 17.1. The fraction of sp³-hybridized carbons (Fsp3) is 0.368. The lowest BCUT2D eigenvalue weighted by Gasteiger charge is -2.28. The maximum absolute atomic E-state index is 12.7. The van der Waals surface area contributed by atoms with Gasteiger partial charge in [-0.05, 0) is 55.8 Å². The molecule has 0 saturated carbocycles. The summed E-state index contributed by atoms with van der Waals surface area (Å²) in [5, 5.41) is 0. The highest BCUT2D eigenvalue weighted by atomic mass is 32.2. The number of hydrogen-bond donors (Lipinski definition) is 1. The molecule has 1 atom stereocenters. The molecule has 2 aromatic rings. The smallest absolute Gasteiger partial charge is 0.295 e.